The Morgan fingerprint density at radius 3 is 2.91 bits per heavy atom. The van der Waals surface area contributed by atoms with Crippen LogP contribution in [0, 0.1) is 19.3 Å². The number of hydrogen-bond donors (Lipinski definition) is 1. The van der Waals surface area contributed by atoms with Crippen LogP contribution in [-0.4, -0.2) is 15.2 Å². The lowest BCUT2D eigenvalue weighted by Gasteiger charge is -2.00. The zero-order valence-corrected chi connectivity index (χ0v) is 6.76. The molecule has 0 fully saturated rings. The van der Waals surface area contributed by atoms with Crippen LogP contribution in [0.15, 0.2) is 0 Å². The number of nitrogens with one attached hydrogen (secondary N) is 1. The van der Waals surface area contributed by atoms with Gasteiger partial charge in [-0.2, -0.15) is 5.10 Å². The van der Waals surface area contributed by atoms with Crippen molar-refractivity contribution in [2.45, 2.75) is 26.2 Å². The molecule has 0 aliphatic heterocycles. The maximum atomic E-state index is 5.16. The second-order valence-corrected chi connectivity index (χ2v) is 2.58. The molecule has 0 radical (unpaired) electrons. The summed E-state index contributed by atoms with van der Waals surface area (Å²) in [6.07, 6.45) is 5.86. The second-order valence-electron chi connectivity index (χ2n) is 2.58. The van der Waals surface area contributed by atoms with Gasteiger partial charge in [-0.15, -0.1) is 12.3 Å². The van der Waals surface area contributed by atoms with E-state index in [0.717, 1.165) is 11.6 Å². The summed E-state index contributed by atoms with van der Waals surface area (Å²) < 4.78 is 0. The number of aromatic nitrogens is 3. The number of rotatable bonds is 2. The molecule has 0 unspecified atom stereocenters. The molecule has 1 N–H and O–H groups in total. The molecule has 0 spiro atoms. The lowest BCUT2D eigenvalue weighted by atomic mass is 10.1. The first kappa shape index (κ1) is 7.80. The maximum absolute atomic E-state index is 5.16. The standard InChI is InChI=1S/C8H11N3/c1-4-5-6(2)8-9-7(3)10-11-8/h1,6H,5H2,2-3H3,(H,9,10,11)/t6-/m1/s1. The first-order valence-electron chi connectivity index (χ1n) is 3.56. The van der Waals surface area contributed by atoms with Crippen molar-refractivity contribution < 1.29 is 0 Å². The van der Waals surface area contributed by atoms with Gasteiger partial charge in [0.1, 0.15) is 11.6 Å². The molecule has 3 nitrogen and oxygen atoms in total. The van der Waals surface area contributed by atoms with Crippen LogP contribution >= 0.6 is 0 Å². The van der Waals surface area contributed by atoms with E-state index in [0.29, 0.717) is 6.42 Å². The van der Waals surface area contributed by atoms with Crippen LogP contribution in [-0.2, 0) is 0 Å². The van der Waals surface area contributed by atoms with Gasteiger partial charge in [0.25, 0.3) is 0 Å². The van der Waals surface area contributed by atoms with E-state index in [1.54, 1.807) is 0 Å². The molecule has 0 saturated carbocycles. The van der Waals surface area contributed by atoms with E-state index >= 15 is 0 Å². The Bertz CT molecular complexity index is 269. The highest BCUT2D eigenvalue weighted by Gasteiger charge is 2.07. The molecule has 0 amide bonds. The van der Waals surface area contributed by atoms with Gasteiger partial charge in [-0.1, -0.05) is 6.92 Å². The third-order valence-corrected chi connectivity index (χ3v) is 1.51. The minimum atomic E-state index is 0.279. The highest BCUT2D eigenvalue weighted by molar-refractivity contribution is 5.00. The van der Waals surface area contributed by atoms with E-state index < -0.39 is 0 Å². The van der Waals surface area contributed by atoms with Gasteiger partial charge in [-0.05, 0) is 6.92 Å². The van der Waals surface area contributed by atoms with E-state index in [9.17, 15) is 0 Å². The Balaban J connectivity index is 2.70. The fourth-order valence-corrected chi connectivity index (χ4v) is 0.856. The van der Waals surface area contributed by atoms with Gasteiger partial charge in [-0.3, -0.25) is 5.10 Å². The lowest BCUT2D eigenvalue weighted by Crippen LogP contribution is -1.94. The quantitative estimate of drug-likeness (QED) is 0.643. The zero-order chi connectivity index (χ0) is 8.27. The van der Waals surface area contributed by atoms with Gasteiger partial charge in [0.05, 0.1) is 0 Å². The van der Waals surface area contributed by atoms with Gasteiger partial charge in [0.2, 0.25) is 0 Å². The van der Waals surface area contributed by atoms with Crippen LogP contribution in [0.25, 0.3) is 0 Å². The molecule has 1 rings (SSSR count). The molecule has 3 heteroatoms. The first-order chi connectivity index (χ1) is 5.24. The number of aryl methyl sites for hydroxylation is 1. The predicted octanol–water partition coefficient (Wildman–Crippen LogP) is 1.24. The minimum Gasteiger partial charge on any atom is -0.263 e. The zero-order valence-electron chi connectivity index (χ0n) is 6.76. The molecule has 0 aliphatic carbocycles. The molecule has 1 heterocycles. The molecule has 1 aromatic heterocycles. The number of terminal acetylenes is 1. The molecule has 11 heavy (non-hydrogen) atoms. The Kier molecular flexibility index (Phi) is 2.27. The van der Waals surface area contributed by atoms with E-state index in [2.05, 4.69) is 21.1 Å². The van der Waals surface area contributed by atoms with E-state index in [1.165, 1.54) is 0 Å². The molecule has 0 bridgehead atoms. The summed E-state index contributed by atoms with van der Waals surface area (Å²) >= 11 is 0. The molecular weight excluding hydrogens is 138 g/mol. The van der Waals surface area contributed by atoms with Crippen LogP contribution in [0.5, 0.6) is 0 Å². The molecule has 1 aromatic rings. The Morgan fingerprint density at radius 2 is 2.45 bits per heavy atom. The SMILES string of the molecule is C#CC[C@@H](C)c1nc(C)n[nH]1. The third-order valence-electron chi connectivity index (χ3n) is 1.51. The topological polar surface area (TPSA) is 41.6 Å². The summed E-state index contributed by atoms with van der Waals surface area (Å²) in [6, 6.07) is 0. The highest BCUT2D eigenvalue weighted by atomic mass is 15.2. The van der Waals surface area contributed by atoms with Gasteiger partial charge in [-0.25, -0.2) is 4.98 Å². The largest absolute Gasteiger partial charge is 0.263 e. The number of nitrogens with zero attached hydrogens (tertiary/aromatic N) is 2. The average molecular weight is 149 g/mol. The summed E-state index contributed by atoms with van der Waals surface area (Å²) in [7, 11) is 0. The van der Waals surface area contributed by atoms with Crippen LogP contribution < -0.4 is 0 Å². The van der Waals surface area contributed by atoms with Crippen molar-refractivity contribution in [3.8, 4) is 12.3 Å². The Morgan fingerprint density at radius 1 is 1.73 bits per heavy atom. The third kappa shape index (κ3) is 1.81. The monoisotopic (exact) mass is 149 g/mol. The van der Waals surface area contributed by atoms with Gasteiger partial charge in [0.15, 0.2) is 0 Å². The van der Waals surface area contributed by atoms with Crippen molar-refractivity contribution >= 4 is 0 Å². The van der Waals surface area contributed by atoms with Crippen molar-refractivity contribution in [1.82, 2.24) is 15.2 Å². The molecule has 1 atom stereocenters. The normalized spacial score (nSPS) is 12.5. The Hall–Kier alpha value is -1.30. The number of aromatic amines is 1. The van der Waals surface area contributed by atoms with E-state index in [-0.39, 0.29) is 5.92 Å². The van der Waals surface area contributed by atoms with Crippen molar-refractivity contribution in [2.24, 2.45) is 0 Å². The van der Waals surface area contributed by atoms with Gasteiger partial charge in [0, 0.05) is 12.3 Å². The first-order valence-corrected chi connectivity index (χ1v) is 3.56. The Labute approximate surface area is 66.2 Å². The number of H-pyrrole nitrogens is 1. The summed E-state index contributed by atoms with van der Waals surface area (Å²) in [5, 5.41) is 6.75. The van der Waals surface area contributed by atoms with Crippen LogP contribution in [0.3, 0.4) is 0 Å². The van der Waals surface area contributed by atoms with Crippen molar-refractivity contribution in [1.29, 1.82) is 0 Å². The smallest absolute Gasteiger partial charge is 0.147 e. The molecule has 58 valence electrons. The van der Waals surface area contributed by atoms with E-state index in [1.807, 2.05) is 13.8 Å². The maximum Gasteiger partial charge on any atom is 0.147 e. The van der Waals surface area contributed by atoms with Crippen molar-refractivity contribution in [3.05, 3.63) is 11.6 Å². The summed E-state index contributed by atoms with van der Waals surface area (Å²) in [5.74, 6) is 4.51. The van der Waals surface area contributed by atoms with Crippen LogP contribution in [0.1, 0.15) is 30.9 Å². The molecule has 0 aliphatic rings. The summed E-state index contributed by atoms with van der Waals surface area (Å²) in [5.41, 5.74) is 0. The van der Waals surface area contributed by atoms with Gasteiger partial charge >= 0.3 is 0 Å². The fraction of sp³-hybridized carbons (Fsp3) is 0.500. The fourth-order valence-electron chi connectivity index (χ4n) is 0.856. The van der Waals surface area contributed by atoms with Crippen molar-refractivity contribution in [3.63, 3.8) is 0 Å². The molecule has 0 aromatic carbocycles. The highest BCUT2D eigenvalue weighted by Crippen LogP contribution is 2.12. The summed E-state index contributed by atoms with van der Waals surface area (Å²) in [4.78, 5) is 4.17. The minimum absolute atomic E-state index is 0.279. The second kappa shape index (κ2) is 3.20. The average Bonchev–Trinajstić information content (AvgIpc) is 2.36. The van der Waals surface area contributed by atoms with Crippen molar-refractivity contribution in [2.75, 3.05) is 0 Å². The van der Waals surface area contributed by atoms with Crippen LogP contribution in [0.4, 0.5) is 0 Å². The lowest BCUT2D eigenvalue weighted by molar-refractivity contribution is 0.729. The number of hydrogen-bond acceptors (Lipinski definition) is 2. The molecular formula is C8H11N3. The van der Waals surface area contributed by atoms with Gasteiger partial charge < -0.3 is 0 Å². The predicted molar refractivity (Wildman–Crippen MR) is 43.0 cm³/mol. The van der Waals surface area contributed by atoms with E-state index in [4.69, 9.17) is 6.42 Å². The summed E-state index contributed by atoms with van der Waals surface area (Å²) in [6.45, 7) is 3.88. The molecule has 0 saturated heterocycles. The van der Waals surface area contributed by atoms with Crippen LogP contribution in [0.2, 0.25) is 0 Å².